The molecule has 1 aromatic rings. The van der Waals surface area contributed by atoms with Crippen LogP contribution >= 0.6 is 0 Å². The Morgan fingerprint density at radius 3 is 2.00 bits per heavy atom. The van der Waals surface area contributed by atoms with Crippen molar-refractivity contribution in [2.24, 2.45) is 0 Å². The molecule has 0 saturated heterocycles. The van der Waals surface area contributed by atoms with Crippen LogP contribution < -0.4 is 0 Å². The smallest absolute Gasteiger partial charge is 0.00668 e. The van der Waals surface area contributed by atoms with Crippen molar-refractivity contribution in [3.05, 3.63) is 47.5 Å². The first-order valence-electron chi connectivity index (χ1n) is 5.07. The van der Waals surface area contributed by atoms with Gasteiger partial charge < -0.3 is 0 Å². The van der Waals surface area contributed by atoms with Gasteiger partial charge in [-0.2, -0.15) is 0 Å². The van der Waals surface area contributed by atoms with Crippen LogP contribution in [0.4, 0.5) is 0 Å². The Morgan fingerprint density at radius 1 is 1.14 bits per heavy atom. The van der Waals surface area contributed by atoms with Gasteiger partial charge in [0.15, 0.2) is 0 Å². The van der Waals surface area contributed by atoms with E-state index in [9.17, 15) is 0 Å². The van der Waals surface area contributed by atoms with E-state index in [4.69, 9.17) is 6.58 Å². The summed E-state index contributed by atoms with van der Waals surface area (Å²) in [6.07, 6.45) is 0.879. The molecule has 0 aliphatic heterocycles. The average molecular weight is 187 g/mol. The monoisotopic (exact) mass is 187 g/mol. The second-order valence-electron chi connectivity index (χ2n) is 4.97. The minimum absolute atomic E-state index is 0.236. The molecule has 0 aromatic heterocycles. The van der Waals surface area contributed by atoms with Crippen molar-refractivity contribution in [1.29, 1.82) is 0 Å². The highest BCUT2D eigenvalue weighted by molar-refractivity contribution is 5.29. The first kappa shape index (κ1) is 11.0. The third kappa shape index (κ3) is 3.02. The molecule has 0 atom stereocenters. The molecule has 0 unspecified atom stereocenters. The minimum Gasteiger partial charge on any atom is -0.0689 e. The van der Waals surface area contributed by atoms with Crippen molar-refractivity contribution in [1.82, 2.24) is 0 Å². The fraction of sp³-hybridized carbons (Fsp3) is 0.429. The molecule has 0 amide bonds. The van der Waals surface area contributed by atoms with Crippen LogP contribution in [0.5, 0.6) is 0 Å². The van der Waals surface area contributed by atoms with Gasteiger partial charge in [-0.25, -0.2) is 0 Å². The molecule has 0 saturated carbocycles. The third-order valence-electron chi connectivity index (χ3n) is 2.30. The van der Waals surface area contributed by atoms with E-state index >= 15 is 0 Å². The van der Waals surface area contributed by atoms with Crippen LogP contribution in [0.3, 0.4) is 0 Å². The van der Waals surface area contributed by atoms with E-state index < -0.39 is 0 Å². The fourth-order valence-corrected chi connectivity index (χ4v) is 1.44. The maximum atomic E-state index is 5.66. The second kappa shape index (κ2) is 4.00. The Kier molecular flexibility index (Phi) is 3.15. The molecule has 1 rings (SSSR count). The maximum absolute atomic E-state index is 5.66. The number of rotatable bonds is 2. The summed E-state index contributed by atoms with van der Waals surface area (Å²) in [4.78, 5) is 0. The SMILES string of the molecule is [CH]=C(C)Cc1ccc(C(C)(C)C)cc1. The van der Waals surface area contributed by atoms with E-state index in [-0.39, 0.29) is 5.41 Å². The average Bonchev–Trinajstić information content (AvgIpc) is 2.02. The zero-order chi connectivity index (χ0) is 10.8. The van der Waals surface area contributed by atoms with Gasteiger partial charge in [0.1, 0.15) is 0 Å². The lowest BCUT2D eigenvalue weighted by atomic mass is 9.86. The highest BCUT2D eigenvalue weighted by Gasteiger charge is 2.12. The van der Waals surface area contributed by atoms with Crippen molar-refractivity contribution in [2.45, 2.75) is 39.5 Å². The van der Waals surface area contributed by atoms with Gasteiger partial charge in [-0.15, -0.1) is 0 Å². The van der Waals surface area contributed by atoms with Crippen molar-refractivity contribution in [3.8, 4) is 0 Å². The Hall–Kier alpha value is -1.04. The summed E-state index contributed by atoms with van der Waals surface area (Å²) in [5.74, 6) is 0. The van der Waals surface area contributed by atoms with E-state index in [1.807, 2.05) is 6.92 Å². The van der Waals surface area contributed by atoms with Crippen LogP contribution in [0.15, 0.2) is 29.8 Å². The van der Waals surface area contributed by atoms with Crippen LogP contribution in [0.1, 0.15) is 38.8 Å². The van der Waals surface area contributed by atoms with Gasteiger partial charge in [0.2, 0.25) is 0 Å². The summed E-state index contributed by atoms with van der Waals surface area (Å²) in [6, 6.07) is 8.71. The van der Waals surface area contributed by atoms with Gasteiger partial charge in [-0.05, 0) is 29.9 Å². The van der Waals surface area contributed by atoms with Crippen LogP contribution in [0.25, 0.3) is 0 Å². The van der Waals surface area contributed by atoms with Gasteiger partial charge in [0, 0.05) is 0 Å². The first-order valence-corrected chi connectivity index (χ1v) is 5.07. The number of hydrogen-bond donors (Lipinski definition) is 0. The van der Waals surface area contributed by atoms with E-state index in [1.54, 1.807) is 0 Å². The Balaban J connectivity index is 2.84. The molecule has 0 heteroatoms. The molecule has 0 fully saturated rings. The maximum Gasteiger partial charge on any atom is -0.00668 e. The highest BCUT2D eigenvalue weighted by Crippen LogP contribution is 2.22. The molecule has 0 aliphatic rings. The molecular weight excluding hydrogens is 168 g/mol. The molecule has 0 nitrogen and oxygen atoms in total. The highest BCUT2D eigenvalue weighted by atomic mass is 14.2. The van der Waals surface area contributed by atoms with Gasteiger partial charge >= 0.3 is 0 Å². The van der Waals surface area contributed by atoms with Crippen LogP contribution in [-0.4, -0.2) is 0 Å². The Bertz CT molecular complexity index is 309. The first-order chi connectivity index (χ1) is 6.39. The fourth-order valence-electron chi connectivity index (χ4n) is 1.44. The Morgan fingerprint density at radius 2 is 1.64 bits per heavy atom. The van der Waals surface area contributed by atoms with Gasteiger partial charge in [-0.3, -0.25) is 0 Å². The topological polar surface area (TPSA) is 0 Å². The molecule has 0 aliphatic carbocycles. The van der Waals surface area contributed by atoms with E-state index in [0.29, 0.717) is 0 Å². The lowest BCUT2D eigenvalue weighted by molar-refractivity contribution is 0.590. The van der Waals surface area contributed by atoms with Crippen molar-refractivity contribution >= 4 is 0 Å². The van der Waals surface area contributed by atoms with Crippen molar-refractivity contribution in [2.75, 3.05) is 0 Å². The molecule has 0 N–H and O–H groups in total. The summed E-state index contributed by atoms with van der Waals surface area (Å²) in [7, 11) is 0. The number of benzene rings is 1. The summed E-state index contributed by atoms with van der Waals surface area (Å²) >= 11 is 0. The molecular formula is C14H19. The second-order valence-corrected chi connectivity index (χ2v) is 4.97. The predicted octanol–water partition coefficient (Wildman–Crippen LogP) is 3.91. The molecule has 0 bridgehead atoms. The van der Waals surface area contributed by atoms with E-state index in [0.717, 1.165) is 12.0 Å². The molecule has 14 heavy (non-hydrogen) atoms. The Labute approximate surface area is 87.7 Å². The minimum atomic E-state index is 0.236. The number of hydrogen-bond acceptors (Lipinski definition) is 0. The normalized spacial score (nSPS) is 11.4. The summed E-state index contributed by atoms with van der Waals surface area (Å²) in [5, 5.41) is 0. The zero-order valence-corrected chi connectivity index (χ0v) is 9.59. The summed E-state index contributed by atoms with van der Waals surface area (Å²) in [5.41, 5.74) is 3.86. The van der Waals surface area contributed by atoms with Crippen molar-refractivity contribution < 1.29 is 0 Å². The van der Waals surface area contributed by atoms with Crippen molar-refractivity contribution in [3.63, 3.8) is 0 Å². The van der Waals surface area contributed by atoms with Gasteiger partial charge in [0.05, 0.1) is 0 Å². The van der Waals surface area contributed by atoms with Crippen LogP contribution in [-0.2, 0) is 11.8 Å². The van der Waals surface area contributed by atoms with E-state index in [1.165, 1.54) is 11.1 Å². The molecule has 1 aromatic carbocycles. The number of allylic oxidation sites excluding steroid dienone is 1. The summed E-state index contributed by atoms with van der Waals surface area (Å²) in [6.45, 7) is 14.3. The molecule has 0 heterocycles. The zero-order valence-electron chi connectivity index (χ0n) is 9.59. The summed E-state index contributed by atoms with van der Waals surface area (Å²) < 4.78 is 0. The van der Waals surface area contributed by atoms with Gasteiger partial charge in [-0.1, -0.05) is 57.2 Å². The van der Waals surface area contributed by atoms with E-state index in [2.05, 4.69) is 45.0 Å². The van der Waals surface area contributed by atoms with Crippen LogP contribution in [0.2, 0.25) is 0 Å². The predicted molar refractivity (Wildman–Crippen MR) is 62.3 cm³/mol. The third-order valence-corrected chi connectivity index (χ3v) is 2.30. The lowest BCUT2D eigenvalue weighted by Gasteiger charge is -2.19. The molecule has 1 radical (unpaired) electrons. The largest absolute Gasteiger partial charge is 0.0689 e. The van der Waals surface area contributed by atoms with Crippen LogP contribution in [0, 0.1) is 6.58 Å². The standard InChI is InChI=1S/C14H19/c1-11(2)10-12-6-8-13(9-7-12)14(3,4)5/h1,6-9H,10H2,2-5H3. The lowest BCUT2D eigenvalue weighted by Crippen LogP contribution is -2.10. The quantitative estimate of drug-likeness (QED) is 0.658. The van der Waals surface area contributed by atoms with Gasteiger partial charge in [0.25, 0.3) is 0 Å². The molecule has 0 spiro atoms. The molecule has 75 valence electrons.